The zero-order valence-corrected chi connectivity index (χ0v) is 18.7. The van der Waals surface area contributed by atoms with Gasteiger partial charge in [-0.3, -0.25) is 9.59 Å². The van der Waals surface area contributed by atoms with Gasteiger partial charge in [-0.25, -0.2) is 4.79 Å². The molecule has 0 spiro atoms. The molecule has 0 unspecified atom stereocenters. The molecule has 3 N–H and O–H groups in total. The van der Waals surface area contributed by atoms with Crippen molar-refractivity contribution >= 4 is 23.7 Å². The first-order chi connectivity index (χ1) is 13.8. The third-order valence-corrected chi connectivity index (χ3v) is 4.23. The van der Waals surface area contributed by atoms with Crippen LogP contribution in [-0.2, 0) is 25.5 Å². The second kappa shape index (κ2) is 10.8. The van der Waals surface area contributed by atoms with Crippen LogP contribution in [0.25, 0.3) is 0 Å². The summed E-state index contributed by atoms with van der Waals surface area (Å²) < 4.78 is 10.2. The second-order valence-corrected chi connectivity index (χ2v) is 8.80. The minimum absolute atomic E-state index is 0.0722. The van der Waals surface area contributed by atoms with E-state index in [1.54, 1.807) is 41.5 Å². The van der Waals surface area contributed by atoms with Gasteiger partial charge in [-0.2, -0.15) is 0 Å². The van der Waals surface area contributed by atoms with Crippen molar-refractivity contribution in [3.63, 3.8) is 0 Å². The third-order valence-electron chi connectivity index (χ3n) is 4.23. The number of aliphatic carboxylic acids is 1. The van der Waals surface area contributed by atoms with Gasteiger partial charge in [-0.1, -0.05) is 12.1 Å². The van der Waals surface area contributed by atoms with E-state index < -0.39 is 29.1 Å². The van der Waals surface area contributed by atoms with Crippen molar-refractivity contribution in [3.05, 3.63) is 29.8 Å². The lowest BCUT2D eigenvalue weighted by Crippen LogP contribution is -2.43. The molecule has 0 fully saturated rings. The molecule has 0 radical (unpaired) electrons. The Bertz CT molecular complexity index is 722. The van der Waals surface area contributed by atoms with Gasteiger partial charge >= 0.3 is 18.0 Å². The number of carboxylic acids is 1. The highest BCUT2D eigenvalue weighted by Crippen LogP contribution is 2.25. The molecule has 0 aliphatic rings. The fraction of sp³-hybridized carbons (Fsp3) is 0.591. The summed E-state index contributed by atoms with van der Waals surface area (Å²) in [7, 11) is 0. The van der Waals surface area contributed by atoms with Crippen LogP contribution in [0.5, 0.6) is 0 Å². The Kier molecular flexibility index (Phi) is 9.14. The van der Waals surface area contributed by atoms with E-state index in [4.69, 9.17) is 9.47 Å². The predicted molar refractivity (Wildman–Crippen MR) is 114 cm³/mol. The summed E-state index contributed by atoms with van der Waals surface area (Å²) in [6.07, 6.45) is 0.0971. The Morgan fingerprint density at radius 1 is 1.07 bits per heavy atom. The lowest BCUT2D eigenvalue weighted by Gasteiger charge is -2.28. The lowest BCUT2D eigenvalue weighted by atomic mass is 9.84. The number of hydrogen-bond acceptors (Lipinski definition) is 6. The van der Waals surface area contributed by atoms with Crippen LogP contribution in [-0.4, -0.2) is 47.9 Å². The monoisotopic (exact) mass is 422 g/mol. The molecule has 0 aliphatic carbocycles. The van der Waals surface area contributed by atoms with Gasteiger partial charge in [0, 0.05) is 11.7 Å². The average molecular weight is 423 g/mol. The van der Waals surface area contributed by atoms with Crippen LogP contribution in [0.4, 0.5) is 10.5 Å². The van der Waals surface area contributed by atoms with Crippen LogP contribution >= 0.6 is 0 Å². The van der Waals surface area contributed by atoms with E-state index in [1.165, 1.54) is 0 Å². The van der Waals surface area contributed by atoms with Gasteiger partial charge in [0.05, 0.1) is 12.0 Å². The van der Waals surface area contributed by atoms with Crippen molar-refractivity contribution in [2.45, 2.75) is 66.0 Å². The maximum atomic E-state index is 12.2. The van der Waals surface area contributed by atoms with Gasteiger partial charge in [-0.15, -0.1) is 0 Å². The predicted octanol–water partition coefficient (Wildman–Crippen LogP) is 3.60. The smallest absolute Gasteiger partial charge is 0.407 e. The lowest BCUT2D eigenvalue weighted by molar-refractivity contribution is -0.147. The molecule has 1 atom stereocenters. The van der Waals surface area contributed by atoms with Gasteiger partial charge in [0.15, 0.2) is 0 Å². The normalized spacial score (nSPS) is 12.6. The molecule has 1 aromatic carbocycles. The van der Waals surface area contributed by atoms with Crippen molar-refractivity contribution in [3.8, 4) is 0 Å². The molecule has 0 saturated heterocycles. The fourth-order valence-corrected chi connectivity index (χ4v) is 2.78. The van der Waals surface area contributed by atoms with E-state index in [2.05, 4.69) is 10.6 Å². The molecule has 30 heavy (non-hydrogen) atoms. The van der Waals surface area contributed by atoms with Gasteiger partial charge in [0.25, 0.3) is 0 Å². The Morgan fingerprint density at radius 2 is 1.67 bits per heavy atom. The van der Waals surface area contributed by atoms with Gasteiger partial charge < -0.3 is 25.2 Å². The summed E-state index contributed by atoms with van der Waals surface area (Å²) in [5.74, 6) is -1.27. The van der Waals surface area contributed by atoms with Gasteiger partial charge in [0.2, 0.25) is 0 Å². The Labute approximate surface area is 178 Å². The molecule has 1 rings (SSSR count). The van der Waals surface area contributed by atoms with Crippen LogP contribution in [0.3, 0.4) is 0 Å². The quantitative estimate of drug-likeness (QED) is 0.494. The van der Waals surface area contributed by atoms with E-state index in [9.17, 15) is 19.5 Å². The molecule has 0 bridgehead atoms. The molecular formula is C22H34N2O6. The highest BCUT2D eigenvalue weighted by molar-refractivity contribution is 5.75. The maximum absolute atomic E-state index is 12.2. The number of amides is 1. The van der Waals surface area contributed by atoms with E-state index in [1.807, 2.05) is 24.3 Å². The fourth-order valence-electron chi connectivity index (χ4n) is 2.78. The number of nitrogens with one attached hydrogen (secondary N) is 2. The third kappa shape index (κ3) is 9.62. The highest BCUT2D eigenvalue weighted by Gasteiger charge is 2.32. The first-order valence-corrected chi connectivity index (χ1v) is 10.0. The number of hydrogen-bond donors (Lipinski definition) is 3. The first-order valence-electron chi connectivity index (χ1n) is 10.0. The topological polar surface area (TPSA) is 114 Å². The molecule has 8 heteroatoms. The van der Waals surface area contributed by atoms with E-state index in [0.717, 1.165) is 11.3 Å². The summed E-state index contributed by atoms with van der Waals surface area (Å²) in [5.41, 5.74) is 0.0116. The number of alkyl carbamates (subject to hydrolysis) is 1. The summed E-state index contributed by atoms with van der Waals surface area (Å²) >= 11 is 0. The van der Waals surface area contributed by atoms with E-state index >= 15 is 0 Å². The van der Waals surface area contributed by atoms with E-state index in [-0.39, 0.29) is 18.9 Å². The molecule has 0 heterocycles. The summed E-state index contributed by atoms with van der Waals surface area (Å²) in [5, 5.41) is 15.2. The highest BCUT2D eigenvalue weighted by atomic mass is 16.6. The van der Waals surface area contributed by atoms with E-state index in [0.29, 0.717) is 13.0 Å². The number of esters is 1. The van der Waals surface area contributed by atoms with Crippen molar-refractivity contribution in [1.29, 1.82) is 0 Å². The number of carboxylic acid groups (broad SMARTS) is 1. The summed E-state index contributed by atoms with van der Waals surface area (Å²) in [6, 6.07) is 6.95. The average Bonchev–Trinajstić information content (AvgIpc) is 2.59. The first kappa shape index (κ1) is 25.3. The van der Waals surface area contributed by atoms with Crippen LogP contribution in [0.1, 0.15) is 53.5 Å². The number of rotatable bonds is 10. The van der Waals surface area contributed by atoms with Gasteiger partial charge in [0.1, 0.15) is 12.1 Å². The minimum atomic E-state index is -1.01. The zero-order chi connectivity index (χ0) is 22.9. The number of benzene rings is 1. The van der Waals surface area contributed by atoms with Crippen molar-refractivity contribution in [2.24, 2.45) is 5.41 Å². The Morgan fingerprint density at radius 3 is 2.17 bits per heavy atom. The molecule has 0 saturated carbocycles. The maximum Gasteiger partial charge on any atom is 0.407 e. The molecule has 168 valence electrons. The minimum Gasteiger partial charge on any atom is -0.481 e. The Hall–Kier alpha value is -2.77. The van der Waals surface area contributed by atoms with Crippen molar-refractivity contribution in [1.82, 2.24) is 5.32 Å². The zero-order valence-electron chi connectivity index (χ0n) is 18.7. The number of carbonyl (C=O) groups is 3. The number of carbonyl (C=O) groups excluding carboxylic acids is 2. The van der Waals surface area contributed by atoms with Crippen LogP contribution in [0, 0.1) is 5.41 Å². The standard InChI is InChI=1S/C22H34N2O6/c1-7-29-18(25)14-23-16-10-8-15(9-11-16)12-17(13-22(5,6)19(26)27)24-20(28)30-21(2,3)4/h8-11,17,23H,7,12-14H2,1-6H3,(H,24,28)(H,26,27)/t17-/m1/s1. The molecular weight excluding hydrogens is 388 g/mol. The number of ether oxygens (including phenoxy) is 2. The van der Waals surface area contributed by atoms with Gasteiger partial charge in [-0.05, 0) is 72.1 Å². The van der Waals surface area contributed by atoms with Crippen LogP contribution in [0.15, 0.2) is 24.3 Å². The molecule has 1 amide bonds. The van der Waals surface area contributed by atoms with Crippen LogP contribution < -0.4 is 10.6 Å². The van der Waals surface area contributed by atoms with Crippen LogP contribution in [0.2, 0.25) is 0 Å². The second-order valence-electron chi connectivity index (χ2n) is 8.80. The largest absolute Gasteiger partial charge is 0.481 e. The van der Waals surface area contributed by atoms with Crippen molar-refractivity contribution < 1.29 is 29.0 Å². The van der Waals surface area contributed by atoms with Crippen molar-refractivity contribution in [2.75, 3.05) is 18.5 Å². The summed E-state index contributed by atoms with van der Waals surface area (Å²) in [6.45, 7) is 10.7. The molecule has 1 aromatic rings. The molecule has 0 aliphatic heterocycles. The summed E-state index contributed by atoms with van der Waals surface area (Å²) in [4.78, 5) is 35.2. The molecule has 8 nitrogen and oxygen atoms in total. The SMILES string of the molecule is CCOC(=O)CNc1ccc(C[C@H](CC(C)(C)C(=O)O)NC(=O)OC(C)(C)C)cc1. The molecule has 0 aromatic heterocycles. The Balaban J connectivity index is 2.83. The number of anilines is 1.